The molecule has 3 aliphatic rings. The second-order valence-electron chi connectivity index (χ2n) is 7.15. The topological polar surface area (TPSA) is 56.4 Å². The Bertz CT molecular complexity index is 802. The summed E-state index contributed by atoms with van der Waals surface area (Å²) in [5, 5.41) is 0. The number of pyridine rings is 1. The van der Waals surface area contributed by atoms with Crippen LogP contribution in [0.15, 0.2) is 53.5 Å². The molecular weight excluding hydrogens is 314 g/mol. The number of nitrogens with zero attached hydrogens (tertiary/aromatic N) is 2. The molecule has 0 spiro atoms. The molecule has 4 heterocycles. The van der Waals surface area contributed by atoms with E-state index in [0.717, 1.165) is 39.0 Å². The van der Waals surface area contributed by atoms with Crippen LogP contribution in [0.4, 0.5) is 0 Å². The Hall–Kier alpha value is -2.40. The van der Waals surface area contributed by atoms with Gasteiger partial charge in [-0.15, -0.1) is 0 Å². The molecule has 0 radical (unpaired) electrons. The number of hydrogen-bond donors (Lipinski definition) is 1. The summed E-state index contributed by atoms with van der Waals surface area (Å²) in [6, 6.07) is 14.0. The molecule has 2 bridgehead atoms. The fraction of sp³-hybridized carbons (Fsp3) is 0.400. The number of hydrogen-bond acceptors (Lipinski definition) is 3. The van der Waals surface area contributed by atoms with Gasteiger partial charge in [0.2, 0.25) is 0 Å². The van der Waals surface area contributed by atoms with Crippen LogP contribution in [0.5, 0.6) is 0 Å². The van der Waals surface area contributed by atoms with Crippen LogP contribution < -0.4 is 5.56 Å². The molecule has 0 aliphatic carbocycles. The Kier molecular flexibility index (Phi) is 4.40. The summed E-state index contributed by atoms with van der Waals surface area (Å²) < 4.78 is 0. The van der Waals surface area contributed by atoms with E-state index < -0.39 is 0 Å². The Morgan fingerprint density at radius 1 is 1.04 bits per heavy atom. The van der Waals surface area contributed by atoms with Crippen molar-refractivity contribution in [3.8, 4) is 0 Å². The van der Waals surface area contributed by atoms with E-state index in [-0.39, 0.29) is 23.1 Å². The number of piperidine rings is 1. The van der Waals surface area contributed by atoms with Crippen LogP contribution in [0, 0.1) is 5.92 Å². The molecule has 5 rings (SSSR count). The Labute approximate surface area is 147 Å². The summed E-state index contributed by atoms with van der Waals surface area (Å²) >= 11 is 0. The van der Waals surface area contributed by atoms with Crippen molar-refractivity contribution in [3.05, 3.63) is 70.1 Å². The van der Waals surface area contributed by atoms with E-state index in [2.05, 4.69) is 34.1 Å². The number of fused-ring (bicyclic) bond motifs is 4. The summed E-state index contributed by atoms with van der Waals surface area (Å²) in [6.45, 7) is 3.56. The maximum absolute atomic E-state index is 12.9. The van der Waals surface area contributed by atoms with Crippen molar-refractivity contribution in [2.24, 2.45) is 5.92 Å². The van der Waals surface area contributed by atoms with Gasteiger partial charge in [-0.3, -0.25) is 14.5 Å². The zero-order valence-corrected chi connectivity index (χ0v) is 14.2. The highest BCUT2D eigenvalue weighted by Gasteiger charge is 2.37. The van der Waals surface area contributed by atoms with E-state index in [9.17, 15) is 9.59 Å². The summed E-state index contributed by atoms with van der Waals surface area (Å²) in [5.41, 5.74) is 1.26. The molecule has 130 valence electrons. The van der Waals surface area contributed by atoms with Crippen LogP contribution in [0.25, 0.3) is 0 Å². The fourth-order valence-corrected chi connectivity index (χ4v) is 4.14. The lowest BCUT2D eigenvalue weighted by Crippen LogP contribution is -2.48. The predicted octanol–water partition coefficient (Wildman–Crippen LogP) is 2.11. The lowest BCUT2D eigenvalue weighted by atomic mass is 9.94. The van der Waals surface area contributed by atoms with Gasteiger partial charge in [0.25, 0.3) is 11.5 Å². The van der Waals surface area contributed by atoms with Gasteiger partial charge in [0.05, 0.1) is 0 Å². The molecule has 5 heteroatoms. The lowest BCUT2D eigenvalue weighted by Gasteiger charge is -2.36. The van der Waals surface area contributed by atoms with Gasteiger partial charge < -0.3 is 9.88 Å². The predicted molar refractivity (Wildman–Crippen MR) is 96.3 cm³/mol. The minimum atomic E-state index is -0.297. The molecular formula is C20H23N3O2. The highest BCUT2D eigenvalue weighted by molar-refractivity contribution is 5.94. The number of carbonyl (C=O) groups excluding carboxylic acids is 1. The van der Waals surface area contributed by atoms with Crippen molar-refractivity contribution < 1.29 is 4.79 Å². The normalized spacial score (nSPS) is 23.4. The molecule has 3 aliphatic heterocycles. The fourth-order valence-electron chi connectivity index (χ4n) is 4.14. The molecule has 1 aromatic carbocycles. The number of H-pyrrole nitrogens is 1. The third-order valence-electron chi connectivity index (χ3n) is 5.35. The van der Waals surface area contributed by atoms with Crippen molar-refractivity contribution in [2.45, 2.75) is 25.4 Å². The maximum atomic E-state index is 12.9. The van der Waals surface area contributed by atoms with Crippen LogP contribution in [-0.4, -0.2) is 46.4 Å². The van der Waals surface area contributed by atoms with E-state index in [0.29, 0.717) is 5.92 Å². The average Bonchev–Trinajstić information content (AvgIpc) is 2.93. The molecule has 3 saturated heterocycles. The summed E-state index contributed by atoms with van der Waals surface area (Å²) in [5.74, 6) is 0.354. The van der Waals surface area contributed by atoms with Crippen LogP contribution >= 0.6 is 0 Å². The first kappa shape index (κ1) is 16.1. The van der Waals surface area contributed by atoms with Crippen molar-refractivity contribution >= 4 is 5.91 Å². The number of aromatic nitrogens is 1. The number of amides is 1. The minimum Gasteiger partial charge on any atom is -0.334 e. The first-order valence-corrected chi connectivity index (χ1v) is 8.95. The van der Waals surface area contributed by atoms with Gasteiger partial charge in [0.15, 0.2) is 0 Å². The van der Waals surface area contributed by atoms with Crippen LogP contribution in [0.1, 0.15) is 28.8 Å². The SMILES string of the molecule is O=C(c1ccc[nH]c1=O)N1C[C@H]2CC[C@@H]1CN(Cc1ccccc1)C2. The van der Waals surface area contributed by atoms with E-state index in [1.165, 1.54) is 5.56 Å². The smallest absolute Gasteiger partial charge is 0.260 e. The molecule has 25 heavy (non-hydrogen) atoms. The monoisotopic (exact) mass is 337 g/mol. The van der Waals surface area contributed by atoms with Gasteiger partial charge in [-0.05, 0) is 36.5 Å². The zero-order valence-electron chi connectivity index (χ0n) is 14.2. The van der Waals surface area contributed by atoms with Crippen molar-refractivity contribution in [1.82, 2.24) is 14.8 Å². The molecule has 3 fully saturated rings. The van der Waals surface area contributed by atoms with Gasteiger partial charge >= 0.3 is 0 Å². The standard InChI is InChI=1S/C20H23N3O2/c24-19-18(7-4-10-21-19)20(25)23-13-16-8-9-17(23)14-22(12-16)11-15-5-2-1-3-6-15/h1-7,10,16-17H,8-9,11-14H2,(H,21,24)/t16-,17+/m0/s1. The number of rotatable bonds is 3. The number of nitrogens with one attached hydrogen (secondary N) is 1. The second-order valence-corrected chi connectivity index (χ2v) is 7.15. The molecule has 2 aromatic rings. The molecule has 0 saturated carbocycles. The van der Waals surface area contributed by atoms with Gasteiger partial charge in [-0.25, -0.2) is 0 Å². The molecule has 1 amide bonds. The third-order valence-corrected chi connectivity index (χ3v) is 5.35. The Morgan fingerprint density at radius 3 is 2.68 bits per heavy atom. The van der Waals surface area contributed by atoms with Crippen LogP contribution in [-0.2, 0) is 6.54 Å². The zero-order chi connectivity index (χ0) is 17.2. The van der Waals surface area contributed by atoms with Crippen molar-refractivity contribution in [1.29, 1.82) is 0 Å². The van der Waals surface area contributed by atoms with E-state index in [1.807, 2.05) is 11.0 Å². The van der Waals surface area contributed by atoms with Crippen LogP contribution in [0.2, 0.25) is 0 Å². The van der Waals surface area contributed by atoms with Gasteiger partial charge in [0.1, 0.15) is 5.56 Å². The van der Waals surface area contributed by atoms with E-state index in [4.69, 9.17) is 0 Å². The molecule has 1 N–H and O–H groups in total. The van der Waals surface area contributed by atoms with Gasteiger partial charge in [-0.1, -0.05) is 30.3 Å². The molecule has 5 nitrogen and oxygen atoms in total. The Balaban J connectivity index is 1.53. The maximum Gasteiger partial charge on any atom is 0.260 e. The highest BCUT2D eigenvalue weighted by Crippen LogP contribution is 2.29. The quantitative estimate of drug-likeness (QED) is 0.933. The third kappa shape index (κ3) is 3.37. The number of aromatic amines is 1. The van der Waals surface area contributed by atoms with Gasteiger partial charge in [0, 0.05) is 38.4 Å². The lowest BCUT2D eigenvalue weighted by molar-refractivity contribution is 0.0583. The Morgan fingerprint density at radius 2 is 1.88 bits per heavy atom. The highest BCUT2D eigenvalue weighted by atomic mass is 16.2. The van der Waals surface area contributed by atoms with Crippen molar-refractivity contribution in [2.75, 3.05) is 19.6 Å². The van der Waals surface area contributed by atoms with Gasteiger partial charge in [-0.2, -0.15) is 0 Å². The second kappa shape index (κ2) is 6.84. The van der Waals surface area contributed by atoms with E-state index in [1.54, 1.807) is 18.3 Å². The number of benzene rings is 1. The largest absolute Gasteiger partial charge is 0.334 e. The first-order valence-electron chi connectivity index (χ1n) is 8.95. The average molecular weight is 337 g/mol. The summed E-state index contributed by atoms with van der Waals surface area (Å²) in [4.78, 5) is 31.9. The van der Waals surface area contributed by atoms with Crippen LogP contribution in [0.3, 0.4) is 0 Å². The van der Waals surface area contributed by atoms with Crippen molar-refractivity contribution in [3.63, 3.8) is 0 Å². The molecule has 1 aromatic heterocycles. The summed E-state index contributed by atoms with van der Waals surface area (Å²) in [7, 11) is 0. The minimum absolute atomic E-state index is 0.127. The van der Waals surface area contributed by atoms with E-state index >= 15 is 0 Å². The molecule has 0 unspecified atom stereocenters. The summed E-state index contributed by atoms with van der Waals surface area (Å²) in [6.07, 6.45) is 3.74. The number of carbonyl (C=O) groups is 1. The first-order chi connectivity index (χ1) is 12.2. The molecule has 2 atom stereocenters.